The van der Waals surface area contributed by atoms with Gasteiger partial charge in [0.1, 0.15) is 0 Å². The molecule has 1 amide bonds. The number of carbonyl (C=O) groups excluding carboxylic acids is 1. The molecule has 2 rings (SSSR count). The lowest BCUT2D eigenvalue weighted by Crippen LogP contribution is -2.37. The van der Waals surface area contributed by atoms with Crippen LogP contribution in [0.25, 0.3) is 0 Å². The molecule has 0 spiro atoms. The van der Waals surface area contributed by atoms with Gasteiger partial charge in [0.05, 0.1) is 13.2 Å². The Morgan fingerprint density at radius 2 is 1.73 bits per heavy atom. The number of nitrogens with zero attached hydrogens (tertiary/aromatic N) is 1. The highest BCUT2D eigenvalue weighted by atomic mass is 127. The highest BCUT2D eigenvalue weighted by Crippen LogP contribution is 2.28. The van der Waals surface area contributed by atoms with Crippen LogP contribution in [0.15, 0.2) is 47.5 Å². The van der Waals surface area contributed by atoms with E-state index in [1.165, 1.54) is 0 Å². The summed E-state index contributed by atoms with van der Waals surface area (Å²) in [5, 5.41) is 6.53. The molecule has 164 valence electrons. The number of hydrogen-bond acceptors (Lipinski definition) is 4. The van der Waals surface area contributed by atoms with Crippen LogP contribution < -0.4 is 25.8 Å². The van der Waals surface area contributed by atoms with E-state index in [1.807, 2.05) is 44.2 Å². The van der Waals surface area contributed by atoms with Crippen LogP contribution in [0.4, 0.5) is 0 Å². The van der Waals surface area contributed by atoms with Crippen molar-refractivity contribution < 1.29 is 14.3 Å². The van der Waals surface area contributed by atoms with E-state index < -0.39 is 5.91 Å². The van der Waals surface area contributed by atoms with Crippen LogP contribution in [-0.2, 0) is 13.0 Å². The number of aliphatic imine (C=N–C) groups is 1. The predicted octanol–water partition coefficient (Wildman–Crippen LogP) is 3.11. The molecule has 0 unspecified atom stereocenters. The molecule has 2 aromatic rings. The standard InChI is InChI=1S/C22H30N4O3.HI/c1-4-28-19-10-9-16(14-20(19)29-5-2)11-12-25-22(24-3)26-15-17-7-6-8-18(13-17)21(23)27;/h6-10,13-14H,4-5,11-12,15H2,1-3H3,(H2,23,27)(H2,24,25,26);1H. The Bertz CT molecular complexity index is 843. The number of ether oxygens (including phenoxy) is 2. The second kappa shape index (κ2) is 13.7. The predicted molar refractivity (Wildman–Crippen MR) is 131 cm³/mol. The molecular formula is C22H31IN4O3. The summed E-state index contributed by atoms with van der Waals surface area (Å²) in [5.41, 5.74) is 7.93. The van der Waals surface area contributed by atoms with Gasteiger partial charge in [0.2, 0.25) is 5.91 Å². The van der Waals surface area contributed by atoms with Gasteiger partial charge in [-0.15, -0.1) is 24.0 Å². The average molecular weight is 526 g/mol. The fourth-order valence-corrected chi connectivity index (χ4v) is 2.82. The smallest absolute Gasteiger partial charge is 0.248 e. The topological polar surface area (TPSA) is 98.0 Å². The van der Waals surface area contributed by atoms with Crippen molar-refractivity contribution in [2.24, 2.45) is 10.7 Å². The van der Waals surface area contributed by atoms with Crippen LogP contribution >= 0.6 is 24.0 Å². The molecule has 0 atom stereocenters. The minimum Gasteiger partial charge on any atom is -0.490 e. The van der Waals surface area contributed by atoms with Crippen LogP contribution in [0, 0.1) is 0 Å². The molecule has 0 heterocycles. The first-order valence-electron chi connectivity index (χ1n) is 9.79. The number of benzene rings is 2. The van der Waals surface area contributed by atoms with Gasteiger partial charge in [-0.3, -0.25) is 9.79 Å². The Morgan fingerprint density at radius 3 is 2.40 bits per heavy atom. The Morgan fingerprint density at radius 1 is 1.00 bits per heavy atom. The summed E-state index contributed by atoms with van der Waals surface area (Å²) in [4.78, 5) is 15.5. The van der Waals surface area contributed by atoms with Crippen molar-refractivity contribution in [1.29, 1.82) is 0 Å². The first-order valence-corrected chi connectivity index (χ1v) is 9.79. The van der Waals surface area contributed by atoms with Crippen molar-refractivity contribution in [1.82, 2.24) is 10.6 Å². The van der Waals surface area contributed by atoms with Gasteiger partial charge in [-0.25, -0.2) is 0 Å². The number of hydrogen-bond donors (Lipinski definition) is 3. The molecule has 0 aromatic heterocycles. The molecule has 0 saturated heterocycles. The molecule has 0 saturated carbocycles. The third-order valence-corrected chi connectivity index (χ3v) is 4.21. The number of nitrogens with two attached hydrogens (primary N) is 1. The molecule has 0 bridgehead atoms. The lowest BCUT2D eigenvalue weighted by molar-refractivity contribution is 0.1000. The summed E-state index contributed by atoms with van der Waals surface area (Å²) >= 11 is 0. The fraction of sp³-hybridized carbons (Fsp3) is 0.364. The molecule has 0 aliphatic carbocycles. The third kappa shape index (κ3) is 8.10. The van der Waals surface area contributed by atoms with Gasteiger partial charge in [-0.05, 0) is 55.7 Å². The van der Waals surface area contributed by atoms with Crippen molar-refractivity contribution in [3.05, 3.63) is 59.2 Å². The average Bonchev–Trinajstić information content (AvgIpc) is 2.72. The van der Waals surface area contributed by atoms with Crippen LogP contribution in [0.1, 0.15) is 35.3 Å². The zero-order chi connectivity index (χ0) is 21.1. The van der Waals surface area contributed by atoms with Gasteiger partial charge in [0.15, 0.2) is 17.5 Å². The highest BCUT2D eigenvalue weighted by Gasteiger charge is 2.07. The lowest BCUT2D eigenvalue weighted by Gasteiger charge is -2.14. The van der Waals surface area contributed by atoms with Crippen molar-refractivity contribution in [2.75, 3.05) is 26.8 Å². The van der Waals surface area contributed by atoms with E-state index in [1.54, 1.807) is 19.2 Å². The second-order valence-electron chi connectivity index (χ2n) is 6.31. The van der Waals surface area contributed by atoms with E-state index in [2.05, 4.69) is 15.6 Å². The summed E-state index contributed by atoms with van der Waals surface area (Å²) < 4.78 is 11.3. The number of amides is 1. The van der Waals surface area contributed by atoms with Crippen molar-refractivity contribution in [2.45, 2.75) is 26.8 Å². The summed E-state index contributed by atoms with van der Waals surface area (Å²) in [7, 11) is 1.72. The van der Waals surface area contributed by atoms with E-state index in [4.69, 9.17) is 15.2 Å². The van der Waals surface area contributed by atoms with E-state index in [9.17, 15) is 4.79 Å². The maximum Gasteiger partial charge on any atom is 0.248 e. The van der Waals surface area contributed by atoms with Crippen LogP contribution in [-0.4, -0.2) is 38.7 Å². The van der Waals surface area contributed by atoms with Crippen molar-refractivity contribution >= 4 is 35.8 Å². The van der Waals surface area contributed by atoms with E-state index in [0.717, 1.165) is 29.0 Å². The van der Waals surface area contributed by atoms with Gasteiger partial charge >= 0.3 is 0 Å². The maximum atomic E-state index is 11.3. The molecular weight excluding hydrogens is 495 g/mol. The molecule has 2 aromatic carbocycles. The first-order chi connectivity index (χ1) is 14.1. The molecule has 0 fully saturated rings. The number of carbonyl (C=O) groups is 1. The molecule has 4 N–H and O–H groups in total. The van der Waals surface area contributed by atoms with Crippen molar-refractivity contribution in [3.8, 4) is 11.5 Å². The summed E-state index contributed by atoms with van der Waals surface area (Å²) in [5.74, 6) is 1.78. The van der Waals surface area contributed by atoms with E-state index in [0.29, 0.717) is 37.8 Å². The Hall–Kier alpha value is -2.49. The third-order valence-electron chi connectivity index (χ3n) is 4.21. The maximum absolute atomic E-state index is 11.3. The minimum absolute atomic E-state index is 0. The Kier molecular flexibility index (Phi) is 11.7. The summed E-state index contributed by atoms with van der Waals surface area (Å²) in [6.07, 6.45) is 0.810. The van der Waals surface area contributed by atoms with Gasteiger partial charge in [-0.2, -0.15) is 0 Å². The molecule has 0 aliphatic heterocycles. The normalized spacial score (nSPS) is 10.7. The van der Waals surface area contributed by atoms with E-state index in [-0.39, 0.29) is 24.0 Å². The highest BCUT2D eigenvalue weighted by molar-refractivity contribution is 14.0. The minimum atomic E-state index is -0.434. The van der Waals surface area contributed by atoms with Gasteiger partial charge in [0.25, 0.3) is 0 Å². The lowest BCUT2D eigenvalue weighted by atomic mass is 10.1. The number of rotatable bonds is 10. The Labute approximate surface area is 195 Å². The van der Waals surface area contributed by atoms with Crippen molar-refractivity contribution in [3.63, 3.8) is 0 Å². The Balaban J connectivity index is 0.00000450. The van der Waals surface area contributed by atoms with Crippen LogP contribution in [0.2, 0.25) is 0 Å². The SMILES string of the molecule is CCOc1ccc(CCNC(=NC)NCc2cccc(C(N)=O)c2)cc1OCC.I. The zero-order valence-corrected chi connectivity index (χ0v) is 20.1. The number of guanidine groups is 1. The quantitative estimate of drug-likeness (QED) is 0.251. The van der Waals surface area contributed by atoms with Gasteiger partial charge < -0.3 is 25.8 Å². The molecule has 30 heavy (non-hydrogen) atoms. The fourth-order valence-electron chi connectivity index (χ4n) is 2.82. The first kappa shape index (κ1) is 25.5. The molecule has 0 aliphatic rings. The number of primary amides is 1. The van der Waals surface area contributed by atoms with Gasteiger partial charge in [0, 0.05) is 25.7 Å². The molecule has 7 nitrogen and oxygen atoms in total. The summed E-state index contributed by atoms with van der Waals surface area (Å²) in [6, 6.07) is 13.2. The monoisotopic (exact) mass is 526 g/mol. The zero-order valence-electron chi connectivity index (χ0n) is 17.7. The molecule has 0 radical (unpaired) electrons. The van der Waals surface area contributed by atoms with Crippen LogP contribution in [0.5, 0.6) is 11.5 Å². The number of halogens is 1. The van der Waals surface area contributed by atoms with Crippen LogP contribution in [0.3, 0.4) is 0 Å². The number of nitrogens with one attached hydrogen (secondary N) is 2. The van der Waals surface area contributed by atoms with Gasteiger partial charge in [-0.1, -0.05) is 18.2 Å². The summed E-state index contributed by atoms with van der Waals surface area (Å²) in [6.45, 7) is 6.36. The molecule has 8 heteroatoms. The van der Waals surface area contributed by atoms with E-state index >= 15 is 0 Å². The largest absolute Gasteiger partial charge is 0.490 e. The second-order valence-corrected chi connectivity index (χ2v) is 6.31.